The third kappa shape index (κ3) is 2.75. The molecule has 0 bridgehead atoms. The Morgan fingerprint density at radius 1 is 1.46 bits per heavy atom. The van der Waals surface area contributed by atoms with Crippen LogP contribution in [-0.2, 0) is 0 Å². The minimum absolute atomic E-state index is 0.0382. The molecule has 0 amide bonds. The van der Waals surface area contributed by atoms with Crippen molar-refractivity contribution in [2.45, 2.75) is 13.8 Å². The van der Waals surface area contributed by atoms with Crippen molar-refractivity contribution in [2.75, 3.05) is 0 Å². The van der Waals surface area contributed by atoms with Gasteiger partial charge in [0.2, 0.25) is 0 Å². The number of nitrogens with two attached hydrogens (primary N) is 1. The molecule has 2 N–H and O–H groups in total. The van der Waals surface area contributed by atoms with E-state index >= 15 is 0 Å². The summed E-state index contributed by atoms with van der Waals surface area (Å²) in [4.78, 5) is 11.5. The molecule has 1 rings (SSSR count). The Kier molecular flexibility index (Phi) is 2.85. The minimum atomic E-state index is -0.0382. The fourth-order valence-corrected chi connectivity index (χ4v) is 1.09. The largest absolute Gasteiger partial charge is 0.402 e. The lowest BCUT2D eigenvalue weighted by Crippen LogP contribution is -2.00. The molecule has 0 saturated heterocycles. The summed E-state index contributed by atoms with van der Waals surface area (Å²) < 4.78 is 0. The van der Waals surface area contributed by atoms with Gasteiger partial charge in [0.05, 0.1) is 0 Å². The molecule has 2 nitrogen and oxygen atoms in total. The lowest BCUT2D eigenvalue weighted by Gasteiger charge is -1.97. The zero-order chi connectivity index (χ0) is 9.84. The molecular formula is C11H13NO. The molecule has 0 spiro atoms. The second-order valence-electron chi connectivity index (χ2n) is 3.12. The van der Waals surface area contributed by atoms with Gasteiger partial charge in [0, 0.05) is 17.3 Å². The van der Waals surface area contributed by atoms with Crippen LogP contribution >= 0.6 is 0 Å². The second kappa shape index (κ2) is 3.90. The summed E-state index contributed by atoms with van der Waals surface area (Å²) in [6.07, 6.45) is 1.44. The highest BCUT2D eigenvalue weighted by atomic mass is 16.1. The van der Waals surface area contributed by atoms with Crippen LogP contribution in [0, 0.1) is 6.92 Å². The van der Waals surface area contributed by atoms with Gasteiger partial charge >= 0.3 is 0 Å². The van der Waals surface area contributed by atoms with Crippen molar-refractivity contribution in [1.82, 2.24) is 0 Å². The summed E-state index contributed by atoms with van der Waals surface area (Å²) in [7, 11) is 0. The molecule has 68 valence electrons. The van der Waals surface area contributed by atoms with E-state index in [9.17, 15) is 4.79 Å². The maximum atomic E-state index is 11.5. The predicted octanol–water partition coefficient (Wildman–Crippen LogP) is 2.04. The first-order valence-corrected chi connectivity index (χ1v) is 4.14. The van der Waals surface area contributed by atoms with Crippen LogP contribution in [-0.4, -0.2) is 5.78 Å². The van der Waals surface area contributed by atoms with Crippen molar-refractivity contribution < 1.29 is 4.79 Å². The maximum Gasteiger partial charge on any atom is 0.187 e. The topological polar surface area (TPSA) is 43.1 Å². The molecule has 0 aliphatic rings. The number of allylic oxidation sites excluding steroid dienone is 2. The molecule has 0 radical (unpaired) electrons. The molecular weight excluding hydrogens is 162 g/mol. The lowest BCUT2D eigenvalue weighted by atomic mass is 10.1. The summed E-state index contributed by atoms with van der Waals surface area (Å²) in [5.41, 5.74) is 7.71. The van der Waals surface area contributed by atoms with E-state index in [0.29, 0.717) is 11.3 Å². The SMILES string of the molecule is C/C(N)=C/C(=O)c1cccc(C)c1. The number of benzene rings is 1. The van der Waals surface area contributed by atoms with Crippen LogP contribution in [0.15, 0.2) is 36.0 Å². The van der Waals surface area contributed by atoms with E-state index in [2.05, 4.69) is 0 Å². The highest BCUT2D eigenvalue weighted by molar-refractivity contribution is 6.04. The van der Waals surface area contributed by atoms with Crippen molar-refractivity contribution >= 4 is 5.78 Å². The standard InChI is InChI=1S/C11H13NO/c1-8-4-3-5-10(6-8)11(13)7-9(2)12/h3-7H,12H2,1-2H3/b9-7-. The Morgan fingerprint density at radius 2 is 2.15 bits per heavy atom. The first-order valence-electron chi connectivity index (χ1n) is 4.14. The number of rotatable bonds is 2. The molecule has 1 aromatic rings. The molecule has 13 heavy (non-hydrogen) atoms. The zero-order valence-corrected chi connectivity index (χ0v) is 7.87. The van der Waals surface area contributed by atoms with E-state index < -0.39 is 0 Å². The molecule has 0 saturated carbocycles. The Hall–Kier alpha value is -1.57. The molecule has 0 aliphatic heterocycles. The fourth-order valence-electron chi connectivity index (χ4n) is 1.09. The van der Waals surface area contributed by atoms with Crippen molar-refractivity contribution in [1.29, 1.82) is 0 Å². The third-order valence-corrected chi connectivity index (χ3v) is 1.66. The van der Waals surface area contributed by atoms with Gasteiger partial charge in [0.1, 0.15) is 0 Å². The van der Waals surface area contributed by atoms with Crippen LogP contribution in [0.1, 0.15) is 22.8 Å². The maximum absolute atomic E-state index is 11.5. The first-order chi connectivity index (χ1) is 6.09. The Balaban J connectivity index is 2.96. The van der Waals surface area contributed by atoms with E-state index in [1.807, 2.05) is 25.1 Å². The second-order valence-corrected chi connectivity index (χ2v) is 3.12. The zero-order valence-electron chi connectivity index (χ0n) is 7.87. The molecule has 0 heterocycles. The van der Waals surface area contributed by atoms with Gasteiger partial charge in [-0.15, -0.1) is 0 Å². The number of hydrogen-bond acceptors (Lipinski definition) is 2. The normalized spacial score (nSPS) is 11.4. The Labute approximate surface area is 78.1 Å². The van der Waals surface area contributed by atoms with Crippen LogP contribution in [0.3, 0.4) is 0 Å². The molecule has 0 unspecified atom stereocenters. The minimum Gasteiger partial charge on any atom is -0.402 e. The quantitative estimate of drug-likeness (QED) is 0.552. The summed E-state index contributed by atoms with van der Waals surface area (Å²) in [6.45, 7) is 3.66. The van der Waals surface area contributed by atoms with Gasteiger partial charge in [0.25, 0.3) is 0 Å². The number of carbonyl (C=O) groups excluding carboxylic acids is 1. The van der Waals surface area contributed by atoms with Gasteiger partial charge in [-0.3, -0.25) is 4.79 Å². The van der Waals surface area contributed by atoms with E-state index in [1.165, 1.54) is 6.08 Å². The molecule has 1 aromatic carbocycles. The van der Waals surface area contributed by atoms with E-state index in [0.717, 1.165) is 5.56 Å². The summed E-state index contributed by atoms with van der Waals surface area (Å²) in [5, 5.41) is 0. The highest BCUT2D eigenvalue weighted by Gasteiger charge is 2.01. The van der Waals surface area contributed by atoms with Crippen molar-refractivity contribution in [2.24, 2.45) is 5.73 Å². The van der Waals surface area contributed by atoms with Crippen LogP contribution in [0.5, 0.6) is 0 Å². The van der Waals surface area contributed by atoms with Gasteiger partial charge in [-0.1, -0.05) is 23.8 Å². The number of aryl methyl sites for hydroxylation is 1. The highest BCUT2D eigenvalue weighted by Crippen LogP contribution is 2.05. The van der Waals surface area contributed by atoms with Crippen molar-refractivity contribution in [3.8, 4) is 0 Å². The molecule has 2 heteroatoms. The number of hydrogen-bond donors (Lipinski definition) is 1. The van der Waals surface area contributed by atoms with Gasteiger partial charge in [-0.2, -0.15) is 0 Å². The first kappa shape index (κ1) is 9.52. The number of carbonyl (C=O) groups is 1. The van der Waals surface area contributed by atoms with Gasteiger partial charge < -0.3 is 5.73 Å². The average molecular weight is 175 g/mol. The summed E-state index contributed by atoms with van der Waals surface area (Å²) in [5.74, 6) is -0.0382. The number of ketones is 1. The van der Waals surface area contributed by atoms with Crippen LogP contribution in [0.2, 0.25) is 0 Å². The van der Waals surface area contributed by atoms with Gasteiger partial charge in [0.15, 0.2) is 5.78 Å². The van der Waals surface area contributed by atoms with E-state index in [1.54, 1.807) is 13.0 Å². The Morgan fingerprint density at radius 3 is 2.69 bits per heavy atom. The van der Waals surface area contributed by atoms with Gasteiger partial charge in [-0.05, 0) is 19.9 Å². The molecule has 0 fully saturated rings. The van der Waals surface area contributed by atoms with Crippen LogP contribution < -0.4 is 5.73 Å². The van der Waals surface area contributed by atoms with Crippen LogP contribution in [0.25, 0.3) is 0 Å². The van der Waals surface area contributed by atoms with E-state index in [4.69, 9.17) is 5.73 Å². The smallest absolute Gasteiger partial charge is 0.187 e. The third-order valence-electron chi connectivity index (χ3n) is 1.66. The van der Waals surface area contributed by atoms with Crippen LogP contribution in [0.4, 0.5) is 0 Å². The molecule has 0 aliphatic carbocycles. The summed E-state index contributed by atoms with van der Waals surface area (Å²) in [6, 6.07) is 7.45. The lowest BCUT2D eigenvalue weighted by molar-refractivity contribution is 0.104. The van der Waals surface area contributed by atoms with Crippen molar-refractivity contribution in [3.63, 3.8) is 0 Å². The molecule has 0 aromatic heterocycles. The molecule has 0 atom stereocenters. The summed E-state index contributed by atoms with van der Waals surface area (Å²) >= 11 is 0. The van der Waals surface area contributed by atoms with Crippen molar-refractivity contribution in [3.05, 3.63) is 47.2 Å². The average Bonchev–Trinajstić information content (AvgIpc) is 2.03. The fraction of sp³-hybridized carbons (Fsp3) is 0.182. The monoisotopic (exact) mass is 175 g/mol. The van der Waals surface area contributed by atoms with Gasteiger partial charge in [-0.25, -0.2) is 0 Å². The predicted molar refractivity (Wildman–Crippen MR) is 53.5 cm³/mol. The van der Waals surface area contributed by atoms with E-state index in [-0.39, 0.29) is 5.78 Å². The Bertz CT molecular complexity index is 349.